The Morgan fingerprint density at radius 2 is 1.61 bits per heavy atom. The highest BCUT2D eigenvalue weighted by molar-refractivity contribution is 7.83. The number of amidine groups is 2. The van der Waals surface area contributed by atoms with Crippen LogP contribution in [0.3, 0.4) is 0 Å². The van der Waals surface area contributed by atoms with Gasteiger partial charge in [-0.1, -0.05) is 57.2 Å². The number of rotatable bonds is 4. The molecule has 3 N–H and O–H groups in total. The summed E-state index contributed by atoms with van der Waals surface area (Å²) in [5, 5.41) is 16.4. The van der Waals surface area contributed by atoms with Gasteiger partial charge in [-0.2, -0.15) is 0 Å². The molecule has 0 spiro atoms. The summed E-state index contributed by atoms with van der Waals surface area (Å²) in [5.41, 5.74) is 1.45. The molecule has 1 atom stereocenters. The highest BCUT2D eigenvalue weighted by Crippen LogP contribution is 2.28. The Hall–Kier alpha value is -3.64. The molecule has 1 amide bonds. The summed E-state index contributed by atoms with van der Waals surface area (Å²) in [7, 11) is 3.20. The number of hydrogen-bond acceptors (Lipinski definition) is 5. The second-order valence-corrected chi connectivity index (χ2v) is 8.53. The molecule has 1 aliphatic heterocycles. The third-order valence-electron chi connectivity index (χ3n) is 3.79. The Morgan fingerprint density at radius 1 is 1.03 bits per heavy atom. The Balaban J connectivity index is 0.000000820. The van der Waals surface area contributed by atoms with E-state index in [1.165, 1.54) is 11.0 Å². The van der Waals surface area contributed by atoms with Gasteiger partial charge < -0.3 is 20.6 Å². The van der Waals surface area contributed by atoms with Gasteiger partial charge in [0.1, 0.15) is 0 Å². The van der Waals surface area contributed by atoms with Crippen LogP contribution >= 0.6 is 0 Å². The van der Waals surface area contributed by atoms with Crippen molar-refractivity contribution >= 4 is 34.4 Å². The largest absolute Gasteiger partial charge is 0.505 e. The van der Waals surface area contributed by atoms with Gasteiger partial charge in [0.15, 0.2) is 17.4 Å². The normalized spacial score (nSPS) is 14.0. The van der Waals surface area contributed by atoms with E-state index in [-0.39, 0.29) is 28.7 Å². The zero-order valence-corrected chi connectivity index (χ0v) is 20.4. The molecule has 9 heteroatoms. The lowest BCUT2D eigenvalue weighted by atomic mass is 10.1. The molecule has 0 fully saturated rings. The first-order valence-corrected chi connectivity index (χ1v) is 11.3. The number of phenols is 1. The minimum absolute atomic E-state index is 0.153. The van der Waals surface area contributed by atoms with Crippen LogP contribution in [0.4, 0.5) is 5.69 Å². The van der Waals surface area contributed by atoms with Crippen LogP contribution in [0.2, 0.25) is 0 Å². The van der Waals surface area contributed by atoms with E-state index in [9.17, 15) is 14.1 Å². The molecular formula is C24H31N5O3S. The van der Waals surface area contributed by atoms with Crippen molar-refractivity contribution in [3.05, 3.63) is 59.7 Å². The zero-order valence-electron chi connectivity index (χ0n) is 19.6. The van der Waals surface area contributed by atoms with Gasteiger partial charge in [0.25, 0.3) is 17.1 Å². The molecule has 0 bridgehead atoms. The molecule has 0 saturated carbocycles. The fourth-order valence-corrected chi connectivity index (χ4v) is 3.06. The van der Waals surface area contributed by atoms with E-state index in [2.05, 4.69) is 53.0 Å². The summed E-state index contributed by atoms with van der Waals surface area (Å²) in [6.45, 7) is 6.97. The van der Waals surface area contributed by atoms with Crippen molar-refractivity contribution in [3.63, 3.8) is 0 Å². The summed E-state index contributed by atoms with van der Waals surface area (Å²) < 4.78 is 19.6. The second-order valence-electron chi connectivity index (χ2n) is 7.71. The third kappa shape index (κ3) is 8.79. The lowest BCUT2D eigenvalue weighted by Crippen LogP contribution is -2.33. The van der Waals surface area contributed by atoms with Crippen molar-refractivity contribution in [3.8, 4) is 18.6 Å². The maximum absolute atomic E-state index is 12.2. The SMILES string of the molecule is C#C.CC(C)C.CN(C)C(=O)c1cccc(NC2=NS(=O)N=C2NCc2ccccc2)c1O. The molecule has 0 aliphatic carbocycles. The Kier molecular flexibility index (Phi) is 11.4. The maximum Gasteiger partial charge on any atom is 0.269 e. The first-order valence-electron chi connectivity index (χ1n) is 10.2. The van der Waals surface area contributed by atoms with Crippen molar-refractivity contribution in [1.29, 1.82) is 0 Å². The summed E-state index contributed by atoms with van der Waals surface area (Å²) in [5.74, 6) is 0.845. The number of benzene rings is 2. The fraction of sp³-hybridized carbons (Fsp3) is 0.292. The number of terminal acetylenes is 1. The quantitative estimate of drug-likeness (QED) is 0.469. The van der Waals surface area contributed by atoms with E-state index < -0.39 is 11.2 Å². The number of amides is 1. The Morgan fingerprint density at radius 3 is 2.18 bits per heavy atom. The third-order valence-corrected chi connectivity index (χ3v) is 4.47. The molecule has 3 rings (SSSR count). The van der Waals surface area contributed by atoms with Crippen molar-refractivity contribution in [2.75, 3.05) is 19.4 Å². The number of phenolic OH excluding ortho intramolecular Hbond substituents is 1. The molecule has 0 aromatic heterocycles. The molecule has 2 aromatic carbocycles. The number of nitrogens with one attached hydrogen (secondary N) is 2. The van der Waals surface area contributed by atoms with E-state index in [1.54, 1.807) is 26.2 Å². The van der Waals surface area contributed by atoms with Crippen LogP contribution in [-0.4, -0.2) is 45.9 Å². The summed E-state index contributed by atoms with van der Waals surface area (Å²) >= 11 is -1.75. The lowest BCUT2D eigenvalue weighted by Gasteiger charge is -2.15. The first kappa shape index (κ1) is 27.4. The van der Waals surface area contributed by atoms with Gasteiger partial charge in [-0.05, 0) is 23.6 Å². The van der Waals surface area contributed by atoms with Gasteiger partial charge in [-0.25, -0.2) is 4.21 Å². The van der Waals surface area contributed by atoms with Gasteiger partial charge in [0.05, 0.1) is 11.3 Å². The number of carbonyl (C=O) groups is 1. The standard InChI is InChI=1S/C18H19N5O3S.C4H10.C2H2/c1-23(2)18(25)13-9-6-10-14(15(13)24)20-17-16(21-27(26)22-17)19-11-12-7-4-3-5-8-12;1-4(2)3;1-2/h3-10,24H,11H2,1-2H3,(H,19,21)(H,20,22);4H,1-3H3;1-2H. The summed E-state index contributed by atoms with van der Waals surface area (Å²) in [6, 6.07) is 14.4. The van der Waals surface area contributed by atoms with Crippen LogP contribution in [0.5, 0.6) is 5.75 Å². The summed E-state index contributed by atoms with van der Waals surface area (Å²) in [6.07, 6.45) is 8.00. The molecule has 1 unspecified atom stereocenters. The van der Waals surface area contributed by atoms with Crippen LogP contribution in [-0.2, 0) is 17.7 Å². The van der Waals surface area contributed by atoms with Crippen LogP contribution in [0.25, 0.3) is 0 Å². The zero-order chi connectivity index (χ0) is 25.0. The van der Waals surface area contributed by atoms with Crippen LogP contribution in [0, 0.1) is 18.8 Å². The molecule has 0 radical (unpaired) electrons. The topological polar surface area (TPSA) is 106 Å². The van der Waals surface area contributed by atoms with E-state index in [1.807, 2.05) is 30.3 Å². The lowest BCUT2D eigenvalue weighted by molar-refractivity contribution is 0.0824. The minimum atomic E-state index is -1.75. The second kappa shape index (κ2) is 13.7. The Labute approximate surface area is 198 Å². The van der Waals surface area contributed by atoms with Gasteiger partial charge in [-0.15, -0.1) is 21.6 Å². The molecule has 2 aromatic rings. The van der Waals surface area contributed by atoms with Gasteiger partial charge in [0, 0.05) is 20.6 Å². The van der Waals surface area contributed by atoms with Gasteiger partial charge in [0.2, 0.25) is 0 Å². The predicted molar refractivity (Wildman–Crippen MR) is 136 cm³/mol. The number of aromatic hydroxyl groups is 1. The van der Waals surface area contributed by atoms with E-state index in [0.717, 1.165) is 11.5 Å². The average Bonchev–Trinajstić information content (AvgIpc) is 3.14. The molecule has 176 valence electrons. The van der Waals surface area contributed by atoms with Gasteiger partial charge >= 0.3 is 0 Å². The van der Waals surface area contributed by atoms with Crippen molar-refractivity contribution in [1.82, 2.24) is 10.2 Å². The van der Waals surface area contributed by atoms with Crippen molar-refractivity contribution in [2.24, 2.45) is 14.7 Å². The first-order chi connectivity index (χ1) is 15.7. The van der Waals surface area contributed by atoms with Crippen molar-refractivity contribution in [2.45, 2.75) is 27.3 Å². The van der Waals surface area contributed by atoms with Crippen LogP contribution in [0.15, 0.2) is 57.3 Å². The summed E-state index contributed by atoms with van der Waals surface area (Å²) in [4.78, 5) is 13.5. The van der Waals surface area contributed by atoms with Crippen LogP contribution < -0.4 is 10.6 Å². The van der Waals surface area contributed by atoms with Crippen molar-refractivity contribution < 1.29 is 14.1 Å². The number of para-hydroxylation sites is 1. The van der Waals surface area contributed by atoms with E-state index >= 15 is 0 Å². The van der Waals surface area contributed by atoms with E-state index in [0.29, 0.717) is 12.4 Å². The van der Waals surface area contributed by atoms with Gasteiger partial charge in [-0.3, -0.25) is 4.79 Å². The van der Waals surface area contributed by atoms with Crippen LogP contribution in [0.1, 0.15) is 36.7 Å². The monoisotopic (exact) mass is 469 g/mol. The number of hydrogen-bond donors (Lipinski definition) is 3. The molecule has 33 heavy (non-hydrogen) atoms. The molecule has 1 heterocycles. The number of anilines is 1. The molecule has 0 saturated heterocycles. The molecule has 1 aliphatic rings. The average molecular weight is 470 g/mol. The molecule has 8 nitrogen and oxygen atoms in total. The minimum Gasteiger partial charge on any atom is -0.505 e. The molecular weight excluding hydrogens is 438 g/mol. The highest BCUT2D eigenvalue weighted by Gasteiger charge is 2.22. The fourth-order valence-electron chi connectivity index (χ4n) is 2.43. The maximum atomic E-state index is 12.2. The predicted octanol–water partition coefficient (Wildman–Crippen LogP) is 3.60. The Bertz CT molecular complexity index is 1030. The number of nitrogens with zero attached hydrogens (tertiary/aromatic N) is 3. The smallest absolute Gasteiger partial charge is 0.269 e. The highest BCUT2D eigenvalue weighted by atomic mass is 32.2. The van der Waals surface area contributed by atoms with E-state index in [4.69, 9.17) is 0 Å². The number of carbonyl (C=O) groups excluding carboxylic acids is 1.